The summed E-state index contributed by atoms with van der Waals surface area (Å²) in [6.45, 7) is 4.22. The summed E-state index contributed by atoms with van der Waals surface area (Å²) in [6, 6.07) is 17.1. The molecule has 10 nitrogen and oxygen atoms in total. The zero-order valence-corrected chi connectivity index (χ0v) is 20.2. The summed E-state index contributed by atoms with van der Waals surface area (Å²) >= 11 is 0. The fourth-order valence-electron chi connectivity index (χ4n) is 3.86. The first-order chi connectivity index (χ1) is 17.5. The smallest absolute Gasteiger partial charge is 0.409 e. The van der Waals surface area contributed by atoms with Crippen LogP contribution in [0, 0.1) is 0 Å². The van der Waals surface area contributed by atoms with Crippen LogP contribution < -0.4 is 10.3 Å². The first kappa shape index (κ1) is 24.9. The minimum atomic E-state index is -0.379. The van der Waals surface area contributed by atoms with E-state index < -0.39 is 0 Å². The normalized spacial score (nSPS) is 13.4. The van der Waals surface area contributed by atoms with Crippen LogP contribution in [0.1, 0.15) is 24.6 Å². The Morgan fingerprint density at radius 3 is 2.44 bits per heavy atom. The molecule has 2 aromatic carbocycles. The lowest BCUT2D eigenvalue weighted by Gasteiger charge is -2.34. The summed E-state index contributed by atoms with van der Waals surface area (Å²) in [4.78, 5) is 43.0. The van der Waals surface area contributed by atoms with Gasteiger partial charge in [-0.05, 0) is 24.6 Å². The Morgan fingerprint density at radius 2 is 1.72 bits per heavy atom. The number of aromatic nitrogens is 3. The SMILES string of the molecule is CCOC(=O)N1CCN(C(=O)CCc2nnc(-c3cccc(OCc4ccccc4)c3)[nH]c2=O)CC1. The van der Waals surface area contributed by atoms with Crippen molar-refractivity contribution in [3.05, 3.63) is 76.2 Å². The first-order valence-corrected chi connectivity index (χ1v) is 12.0. The maximum Gasteiger partial charge on any atom is 0.409 e. The number of nitrogens with zero attached hydrogens (tertiary/aromatic N) is 4. The van der Waals surface area contributed by atoms with Crippen LogP contribution in [0.5, 0.6) is 5.75 Å². The second kappa shape index (κ2) is 12.0. The summed E-state index contributed by atoms with van der Waals surface area (Å²) in [5.74, 6) is 0.888. The predicted molar refractivity (Wildman–Crippen MR) is 132 cm³/mol. The molecule has 0 bridgehead atoms. The molecule has 1 aromatic heterocycles. The topological polar surface area (TPSA) is 118 Å². The Bertz CT molecular complexity index is 1240. The number of benzene rings is 2. The van der Waals surface area contributed by atoms with Crippen molar-refractivity contribution in [3.63, 3.8) is 0 Å². The van der Waals surface area contributed by atoms with Crippen molar-refractivity contribution < 1.29 is 19.1 Å². The van der Waals surface area contributed by atoms with Crippen molar-refractivity contribution in [1.82, 2.24) is 25.0 Å². The van der Waals surface area contributed by atoms with Crippen LogP contribution in [0.3, 0.4) is 0 Å². The highest BCUT2D eigenvalue weighted by atomic mass is 16.6. The molecule has 1 saturated heterocycles. The van der Waals surface area contributed by atoms with Gasteiger partial charge in [-0.25, -0.2) is 4.79 Å². The van der Waals surface area contributed by atoms with Gasteiger partial charge in [-0.15, -0.1) is 10.2 Å². The number of aryl methyl sites for hydroxylation is 1. The maximum atomic E-state index is 12.6. The molecule has 0 unspecified atom stereocenters. The molecule has 0 aliphatic carbocycles. The number of hydrogen-bond donors (Lipinski definition) is 1. The van der Waals surface area contributed by atoms with E-state index in [1.54, 1.807) is 22.8 Å². The van der Waals surface area contributed by atoms with Gasteiger partial charge in [-0.1, -0.05) is 42.5 Å². The highest BCUT2D eigenvalue weighted by molar-refractivity contribution is 5.77. The second-order valence-corrected chi connectivity index (χ2v) is 8.32. The number of nitrogens with one attached hydrogen (secondary N) is 1. The standard InChI is InChI=1S/C26H29N5O5/c1-2-35-26(34)31-15-13-30(14-16-31)23(32)12-11-22-25(33)27-24(29-28-22)20-9-6-10-21(17-20)36-18-19-7-4-3-5-8-19/h3-10,17H,2,11-16,18H2,1H3,(H,27,29,33). The summed E-state index contributed by atoms with van der Waals surface area (Å²) in [5.41, 5.74) is 1.55. The second-order valence-electron chi connectivity index (χ2n) is 8.32. The average Bonchev–Trinajstić information content (AvgIpc) is 2.92. The van der Waals surface area contributed by atoms with Crippen LogP contribution in [0.15, 0.2) is 59.4 Å². The molecule has 1 aliphatic rings. The molecule has 0 saturated carbocycles. The number of carbonyl (C=O) groups excluding carboxylic acids is 2. The van der Waals surface area contributed by atoms with Crippen LogP contribution in [0.4, 0.5) is 4.79 Å². The van der Waals surface area contributed by atoms with E-state index in [0.717, 1.165) is 5.56 Å². The molecule has 1 fully saturated rings. The molecular weight excluding hydrogens is 462 g/mol. The number of H-pyrrole nitrogens is 1. The lowest BCUT2D eigenvalue weighted by molar-refractivity contribution is -0.132. The van der Waals surface area contributed by atoms with Crippen LogP contribution in [0.25, 0.3) is 11.4 Å². The fourth-order valence-corrected chi connectivity index (χ4v) is 3.86. The van der Waals surface area contributed by atoms with Gasteiger partial charge in [0.2, 0.25) is 5.91 Å². The molecule has 188 valence electrons. The molecule has 2 heterocycles. The molecular formula is C26H29N5O5. The summed E-state index contributed by atoms with van der Waals surface area (Å²) in [7, 11) is 0. The van der Waals surface area contributed by atoms with Gasteiger partial charge in [0.1, 0.15) is 18.1 Å². The number of rotatable bonds is 8. The fraction of sp³-hybridized carbons (Fsp3) is 0.346. The van der Waals surface area contributed by atoms with E-state index in [1.165, 1.54) is 0 Å². The number of ether oxygens (including phenoxy) is 2. The number of piperazine rings is 1. The van der Waals surface area contributed by atoms with Crippen LogP contribution in [-0.4, -0.2) is 69.8 Å². The van der Waals surface area contributed by atoms with E-state index in [4.69, 9.17) is 9.47 Å². The van der Waals surface area contributed by atoms with Gasteiger partial charge in [0.05, 0.1) is 6.61 Å². The van der Waals surface area contributed by atoms with Crippen molar-refractivity contribution >= 4 is 12.0 Å². The number of aromatic amines is 1. The molecule has 4 rings (SSSR count). The van der Waals surface area contributed by atoms with Crippen molar-refractivity contribution in [3.8, 4) is 17.1 Å². The third kappa shape index (κ3) is 6.47. The van der Waals surface area contributed by atoms with E-state index >= 15 is 0 Å². The zero-order chi connectivity index (χ0) is 25.3. The third-order valence-electron chi connectivity index (χ3n) is 5.85. The summed E-state index contributed by atoms with van der Waals surface area (Å²) in [5, 5.41) is 8.24. The predicted octanol–water partition coefficient (Wildman–Crippen LogP) is 2.64. The number of amides is 2. The van der Waals surface area contributed by atoms with Crippen LogP contribution in [-0.2, 0) is 22.6 Å². The zero-order valence-electron chi connectivity index (χ0n) is 20.2. The lowest BCUT2D eigenvalue weighted by atomic mass is 10.2. The van der Waals surface area contributed by atoms with E-state index in [0.29, 0.717) is 56.5 Å². The Labute approximate surface area is 208 Å². The Kier molecular flexibility index (Phi) is 8.28. The summed E-state index contributed by atoms with van der Waals surface area (Å²) in [6.07, 6.45) is -0.0428. The molecule has 10 heteroatoms. The van der Waals surface area contributed by atoms with Gasteiger partial charge in [-0.2, -0.15) is 0 Å². The molecule has 0 atom stereocenters. The maximum absolute atomic E-state index is 12.6. The molecule has 1 aliphatic heterocycles. The lowest BCUT2D eigenvalue weighted by Crippen LogP contribution is -2.50. The van der Waals surface area contributed by atoms with Gasteiger partial charge >= 0.3 is 6.09 Å². The van der Waals surface area contributed by atoms with Gasteiger partial charge < -0.3 is 24.3 Å². The minimum absolute atomic E-state index is 0.0907. The third-order valence-corrected chi connectivity index (χ3v) is 5.85. The number of hydrogen-bond acceptors (Lipinski definition) is 7. The highest BCUT2D eigenvalue weighted by Crippen LogP contribution is 2.21. The Morgan fingerprint density at radius 1 is 0.972 bits per heavy atom. The Balaban J connectivity index is 1.31. The largest absolute Gasteiger partial charge is 0.489 e. The van der Waals surface area contributed by atoms with Crippen molar-refractivity contribution in [2.75, 3.05) is 32.8 Å². The van der Waals surface area contributed by atoms with Gasteiger partial charge in [0, 0.05) is 44.6 Å². The molecule has 1 N–H and O–H groups in total. The Hall–Kier alpha value is -4.21. The van der Waals surface area contributed by atoms with Crippen molar-refractivity contribution in [2.45, 2.75) is 26.4 Å². The van der Waals surface area contributed by atoms with Crippen molar-refractivity contribution in [2.24, 2.45) is 0 Å². The molecule has 36 heavy (non-hydrogen) atoms. The van der Waals surface area contributed by atoms with Crippen LogP contribution in [0.2, 0.25) is 0 Å². The van der Waals surface area contributed by atoms with E-state index in [2.05, 4.69) is 15.2 Å². The molecule has 3 aromatic rings. The van der Waals surface area contributed by atoms with Gasteiger partial charge in [-0.3, -0.25) is 9.59 Å². The van der Waals surface area contributed by atoms with Gasteiger partial charge in [0.15, 0.2) is 5.82 Å². The van der Waals surface area contributed by atoms with E-state index in [9.17, 15) is 14.4 Å². The molecule has 2 amide bonds. The minimum Gasteiger partial charge on any atom is -0.489 e. The average molecular weight is 492 g/mol. The van der Waals surface area contributed by atoms with E-state index in [1.807, 2.05) is 48.5 Å². The number of carbonyl (C=O) groups is 2. The van der Waals surface area contributed by atoms with E-state index in [-0.39, 0.29) is 36.1 Å². The van der Waals surface area contributed by atoms with Crippen molar-refractivity contribution in [1.29, 1.82) is 0 Å². The monoisotopic (exact) mass is 491 g/mol. The van der Waals surface area contributed by atoms with Gasteiger partial charge in [0.25, 0.3) is 5.56 Å². The first-order valence-electron chi connectivity index (χ1n) is 12.0. The highest BCUT2D eigenvalue weighted by Gasteiger charge is 2.25. The quantitative estimate of drug-likeness (QED) is 0.515. The summed E-state index contributed by atoms with van der Waals surface area (Å²) < 4.78 is 10.8. The molecule has 0 radical (unpaired) electrons. The van der Waals surface area contributed by atoms with Crippen LogP contribution >= 0.6 is 0 Å². The molecule has 0 spiro atoms.